The van der Waals surface area contributed by atoms with Gasteiger partial charge in [0.15, 0.2) is 11.6 Å². The van der Waals surface area contributed by atoms with E-state index in [-0.39, 0.29) is 18.0 Å². The lowest BCUT2D eigenvalue weighted by Gasteiger charge is -2.73. The standard InChI is InChI=1S/C20H25BrO6/c1-8-9-4-5-11-18-7-27-20(26,19(11,13(8)22)14(9)23)16(25)12(18)17(2,3)6-10(21)15(18)24/h9-12,14,16,23,25-26H,1,4-7H2,2-3H3/t9-,10?,11-,12+,14+,16-,18-,19-,20?/m0/s1. The monoisotopic (exact) mass is 440 g/mol. The molecule has 2 heterocycles. The fraction of sp³-hybridized carbons (Fsp3) is 0.800. The number of fused-ring (bicyclic) bond motifs is 2. The van der Waals surface area contributed by atoms with Crippen LogP contribution in [-0.2, 0) is 14.3 Å². The van der Waals surface area contributed by atoms with Gasteiger partial charge in [-0.2, -0.15) is 0 Å². The largest absolute Gasteiger partial charge is 0.391 e. The van der Waals surface area contributed by atoms with Crippen molar-refractivity contribution in [2.24, 2.45) is 34.0 Å². The van der Waals surface area contributed by atoms with E-state index in [0.29, 0.717) is 19.3 Å². The Bertz CT molecular complexity index is 793. The van der Waals surface area contributed by atoms with Crippen molar-refractivity contribution in [2.75, 3.05) is 6.61 Å². The maximum absolute atomic E-state index is 13.6. The minimum absolute atomic E-state index is 0.0425. The maximum atomic E-state index is 13.6. The number of aliphatic hydroxyl groups excluding tert-OH is 2. The van der Waals surface area contributed by atoms with Crippen LogP contribution in [0.5, 0.6) is 0 Å². The highest BCUT2D eigenvalue weighted by molar-refractivity contribution is 9.10. The SMILES string of the molecule is C=C1C(=O)[C@]23[C@H](O)[C@H]1CC[C@H]2[C@@]12COC3(O)[C@@H](O)[C@@H]1C(C)(C)CC(Br)C2=O. The van der Waals surface area contributed by atoms with Crippen LogP contribution < -0.4 is 0 Å². The molecule has 2 spiro atoms. The number of alkyl halides is 1. The Morgan fingerprint density at radius 1 is 1.19 bits per heavy atom. The van der Waals surface area contributed by atoms with Gasteiger partial charge in [0.05, 0.1) is 23.0 Å². The van der Waals surface area contributed by atoms with Gasteiger partial charge in [-0.1, -0.05) is 36.4 Å². The lowest BCUT2D eigenvalue weighted by atomic mass is 9.36. The summed E-state index contributed by atoms with van der Waals surface area (Å²) in [6.45, 7) is 7.79. The molecule has 7 heteroatoms. The lowest BCUT2D eigenvalue weighted by molar-refractivity contribution is -0.437. The van der Waals surface area contributed by atoms with Gasteiger partial charge in [-0.05, 0) is 36.2 Å². The van der Waals surface area contributed by atoms with Crippen molar-refractivity contribution in [1.29, 1.82) is 0 Å². The summed E-state index contributed by atoms with van der Waals surface area (Å²) in [7, 11) is 0. The fourth-order valence-electron chi connectivity index (χ4n) is 7.72. The number of ether oxygens (including phenoxy) is 1. The van der Waals surface area contributed by atoms with Crippen LogP contribution in [0.25, 0.3) is 0 Å². The third kappa shape index (κ3) is 1.59. The highest BCUT2D eigenvalue weighted by atomic mass is 79.9. The molecule has 6 aliphatic rings. The summed E-state index contributed by atoms with van der Waals surface area (Å²) in [4.78, 5) is 26.5. The normalized spacial score (nSPS) is 58.2. The van der Waals surface area contributed by atoms with Crippen LogP contribution in [0.3, 0.4) is 0 Å². The first-order valence-electron chi connectivity index (χ1n) is 9.62. The Morgan fingerprint density at radius 2 is 1.85 bits per heavy atom. The Hall–Kier alpha value is -0.600. The molecule has 4 saturated carbocycles. The molecule has 0 aromatic rings. The van der Waals surface area contributed by atoms with Crippen LogP contribution >= 0.6 is 15.9 Å². The second kappa shape index (κ2) is 4.93. The number of halogens is 1. The smallest absolute Gasteiger partial charge is 0.208 e. The Morgan fingerprint density at radius 3 is 2.52 bits per heavy atom. The third-order valence-electron chi connectivity index (χ3n) is 8.59. The lowest BCUT2D eigenvalue weighted by Crippen LogP contribution is -2.85. The van der Waals surface area contributed by atoms with Crippen LogP contribution in [-0.4, -0.2) is 56.3 Å². The van der Waals surface area contributed by atoms with Crippen molar-refractivity contribution in [3.63, 3.8) is 0 Å². The van der Waals surface area contributed by atoms with Gasteiger partial charge in [0, 0.05) is 11.8 Å². The van der Waals surface area contributed by atoms with Gasteiger partial charge in [-0.15, -0.1) is 0 Å². The Labute approximate surface area is 166 Å². The maximum Gasteiger partial charge on any atom is 0.208 e. The highest BCUT2D eigenvalue weighted by Gasteiger charge is 2.87. The predicted molar refractivity (Wildman–Crippen MR) is 97.8 cm³/mol. The van der Waals surface area contributed by atoms with E-state index in [2.05, 4.69) is 22.5 Å². The first-order valence-corrected chi connectivity index (χ1v) is 10.5. The molecule has 2 unspecified atom stereocenters. The van der Waals surface area contributed by atoms with E-state index in [4.69, 9.17) is 4.74 Å². The van der Waals surface area contributed by atoms with Gasteiger partial charge >= 0.3 is 0 Å². The summed E-state index contributed by atoms with van der Waals surface area (Å²) in [5.41, 5.74) is -3.03. The molecule has 9 atom stereocenters. The molecule has 27 heavy (non-hydrogen) atoms. The van der Waals surface area contributed by atoms with Crippen molar-refractivity contribution in [2.45, 2.75) is 55.9 Å². The number of aliphatic hydroxyl groups is 3. The van der Waals surface area contributed by atoms with E-state index < -0.39 is 62.6 Å². The van der Waals surface area contributed by atoms with Gasteiger partial charge in [-0.25, -0.2) is 0 Å². The molecule has 2 aliphatic heterocycles. The molecule has 148 valence electrons. The minimum Gasteiger partial charge on any atom is -0.391 e. The zero-order valence-corrected chi connectivity index (χ0v) is 17.0. The minimum atomic E-state index is -2.21. The highest BCUT2D eigenvalue weighted by Crippen LogP contribution is 2.75. The summed E-state index contributed by atoms with van der Waals surface area (Å²) in [5, 5.41) is 34.1. The molecule has 4 bridgehead atoms. The van der Waals surface area contributed by atoms with Crippen molar-refractivity contribution in [3.05, 3.63) is 12.2 Å². The van der Waals surface area contributed by atoms with Gasteiger partial charge in [0.25, 0.3) is 0 Å². The van der Waals surface area contributed by atoms with E-state index in [1.165, 1.54) is 0 Å². The first-order chi connectivity index (χ1) is 12.5. The van der Waals surface area contributed by atoms with E-state index in [1.54, 1.807) is 0 Å². The molecule has 0 aromatic carbocycles. The van der Waals surface area contributed by atoms with Crippen LogP contribution in [0.4, 0.5) is 0 Å². The second-order valence-electron chi connectivity index (χ2n) is 9.88. The summed E-state index contributed by atoms with van der Waals surface area (Å²) in [6.07, 6.45) is -1.07. The molecular weight excluding hydrogens is 416 g/mol. The molecule has 0 amide bonds. The zero-order valence-electron chi connectivity index (χ0n) is 15.4. The van der Waals surface area contributed by atoms with Crippen molar-refractivity contribution in [1.82, 2.24) is 0 Å². The molecule has 0 aromatic heterocycles. The van der Waals surface area contributed by atoms with Gasteiger partial charge < -0.3 is 20.1 Å². The number of carbonyl (C=O) groups is 2. The third-order valence-corrected chi connectivity index (χ3v) is 9.33. The summed E-state index contributed by atoms with van der Waals surface area (Å²) in [5.74, 6) is -4.35. The van der Waals surface area contributed by atoms with Crippen LogP contribution in [0.1, 0.15) is 33.1 Å². The molecule has 0 radical (unpaired) electrons. The molecule has 2 saturated heterocycles. The zero-order chi connectivity index (χ0) is 19.7. The van der Waals surface area contributed by atoms with Crippen molar-refractivity contribution >= 4 is 27.5 Å². The quantitative estimate of drug-likeness (QED) is 0.382. The number of hydrogen-bond acceptors (Lipinski definition) is 6. The van der Waals surface area contributed by atoms with Crippen molar-refractivity contribution < 1.29 is 29.6 Å². The number of Topliss-reactive ketones (excluding diaryl/α,β-unsaturated/α-hetero) is 2. The Kier molecular flexibility index (Phi) is 3.36. The second-order valence-corrected chi connectivity index (χ2v) is 11.0. The summed E-state index contributed by atoms with van der Waals surface area (Å²) in [6, 6.07) is 0. The van der Waals surface area contributed by atoms with Crippen LogP contribution in [0, 0.1) is 34.0 Å². The van der Waals surface area contributed by atoms with E-state index >= 15 is 0 Å². The van der Waals surface area contributed by atoms with Gasteiger partial charge in [0.2, 0.25) is 5.79 Å². The van der Waals surface area contributed by atoms with Crippen LogP contribution in [0.15, 0.2) is 12.2 Å². The molecular formula is C20H25BrO6. The molecule has 4 aliphatic carbocycles. The Balaban J connectivity index is 1.83. The van der Waals surface area contributed by atoms with Crippen LogP contribution in [0.2, 0.25) is 0 Å². The number of hydrogen-bond donors (Lipinski definition) is 3. The van der Waals surface area contributed by atoms with E-state index in [1.807, 2.05) is 13.8 Å². The topological polar surface area (TPSA) is 104 Å². The van der Waals surface area contributed by atoms with Crippen molar-refractivity contribution in [3.8, 4) is 0 Å². The molecule has 6 rings (SSSR count). The van der Waals surface area contributed by atoms with Gasteiger partial charge in [-0.3, -0.25) is 9.59 Å². The first kappa shape index (κ1) is 18.4. The van der Waals surface area contributed by atoms with E-state index in [9.17, 15) is 24.9 Å². The number of rotatable bonds is 0. The van der Waals surface area contributed by atoms with Gasteiger partial charge in [0.1, 0.15) is 11.5 Å². The molecule has 6 nitrogen and oxygen atoms in total. The predicted octanol–water partition coefficient (Wildman–Crippen LogP) is 0.957. The molecule has 6 fully saturated rings. The van der Waals surface area contributed by atoms with E-state index in [0.717, 1.165) is 0 Å². The molecule has 3 N–H and O–H groups in total. The number of carbonyl (C=O) groups excluding carboxylic acids is 2. The average Bonchev–Trinajstić information content (AvgIpc) is 2.70. The summed E-state index contributed by atoms with van der Waals surface area (Å²) >= 11 is 3.51. The fourth-order valence-corrected chi connectivity index (χ4v) is 8.98. The summed E-state index contributed by atoms with van der Waals surface area (Å²) < 4.78 is 5.77. The number of ketones is 2. The average molecular weight is 441 g/mol.